The van der Waals surface area contributed by atoms with E-state index in [9.17, 15) is 21.6 Å². The van der Waals surface area contributed by atoms with Gasteiger partial charge in [-0.1, -0.05) is 12.1 Å². The molecule has 0 radical (unpaired) electrons. The molecule has 16 heavy (non-hydrogen) atoms. The number of rotatable bonds is 3. The Labute approximate surface area is 91.3 Å². The predicted octanol–water partition coefficient (Wildman–Crippen LogP) is 2.67. The maximum atomic E-state index is 12.3. The van der Waals surface area contributed by atoms with Gasteiger partial charge in [0.05, 0.1) is 16.2 Å². The van der Waals surface area contributed by atoms with Crippen LogP contribution in [0.25, 0.3) is 0 Å². The standard InChI is InChI=1S/C10H9F3O2S/c1-2-6-16(14,15)9-5-3-4-8(7-9)10(11,12)13/h2-5,7H,1,6H2. The summed E-state index contributed by atoms with van der Waals surface area (Å²) in [5, 5.41) is 0. The lowest BCUT2D eigenvalue weighted by molar-refractivity contribution is -0.137. The fourth-order valence-electron chi connectivity index (χ4n) is 1.12. The van der Waals surface area contributed by atoms with Crippen molar-refractivity contribution >= 4 is 9.84 Å². The number of sulfone groups is 1. The van der Waals surface area contributed by atoms with Gasteiger partial charge in [-0.15, -0.1) is 6.58 Å². The predicted molar refractivity (Wildman–Crippen MR) is 53.7 cm³/mol. The molecular weight excluding hydrogens is 241 g/mol. The van der Waals surface area contributed by atoms with Crippen LogP contribution in [0.1, 0.15) is 5.56 Å². The van der Waals surface area contributed by atoms with Crippen LogP contribution in [0.15, 0.2) is 41.8 Å². The van der Waals surface area contributed by atoms with E-state index in [1.807, 2.05) is 0 Å². The third kappa shape index (κ3) is 2.85. The van der Waals surface area contributed by atoms with Crippen LogP contribution < -0.4 is 0 Å². The van der Waals surface area contributed by atoms with Crippen LogP contribution >= 0.6 is 0 Å². The van der Waals surface area contributed by atoms with Gasteiger partial charge < -0.3 is 0 Å². The van der Waals surface area contributed by atoms with Crippen LogP contribution in [0.4, 0.5) is 13.2 Å². The first kappa shape index (κ1) is 12.8. The first-order valence-electron chi connectivity index (χ1n) is 4.28. The first-order chi connectivity index (χ1) is 7.27. The molecule has 0 heterocycles. The topological polar surface area (TPSA) is 34.1 Å². The third-order valence-electron chi connectivity index (χ3n) is 1.86. The average Bonchev–Trinajstić information content (AvgIpc) is 2.16. The zero-order valence-electron chi connectivity index (χ0n) is 8.16. The summed E-state index contributed by atoms with van der Waals surface area (Å²) in [6.45, 7) is 3.24. The SMILES string of the molecule is C=CCS(=O)(=O)c1cccc(C(F)(F)F)c1. The lowest BCUT2D eigenvalue weighted by Gasteiger charge is -2.08. The number of halogens is 3. The van der Waals surface area contributed by atoms with Crippen molar-refractivity contribution in [2.24, 2.45) is 0 Å². The molecule has 0 aliphatic rings. The summed E-state index contributed by atoms with van der Waals surface area (Å²) >= 11 is 0. The van der Waals surface area contributed by atoms with E-state index >= 15 is 0 Å². The van der Waals surface area contributed by atoms with Gasteiger partial charge in [0.15, 0.2) is 9.84 Å². The van der Waals surface area contributed by atoms with Crippen molar-refractivity contribution in [2.75, 3.05) is 5.75 Å². The molecule has 6 heteroatoms. The molecule has 0 N–H and O–H groups in total. The second-order valence-electron chi connectivity index (χ2n) is 3.10. The van der Waals surface area contributed by atoms with Crippen molar-refractivity contribution in [1.82, 2.24) is 0 Å². The summed E-state index contributed by atoms with van der Waals surface area (Å²) in [5.74, 6) is -0.381. The van der Waals surface area contributed by atoms with E-state index in [1.54, 1.807) is 0 Å². The monoisotopic (exact) mass is 250 g/mol. The number of hydrogen-bond acceptors (Lipinski definition) is 2. The molecule has 1 rings (SSSR count). The highest BCUT2D eigenvalue weighted by Crippen LogP contribution is 2.30. The highest BCUT2D eigenvalue weighted by atomic mass is 32.2. The fraction of sp³-hybridized carbons (Fsp3) is 0.200. The lowest BCUT2D eigenvalue weighted by atomic mass is 10.2. The van der Waals surface area contributed by atoms with Crippen LogP contribution in [-0.4, -0.2) is 14.2 Å². The molecule has 1 aromatic carbocycles. The van der Waals surface area contributed by atoms with Gasteiger partial charge in [-0.3, -0.25) is 0 Å². The molecule has 88 valence electrons. The van der Waals surface area contributed by atoms with Gasteiger partial charge in [-0.2, -0.15) is 13.2 Å². The van der Waals surface area contributed by atoms with Gasteiger partial charge in [0.2, 0.25) is 0 Å². The van der Waals surface area contributed by atoms with Crippen molar-refractivity contribution < 1.29 is 21.6 Å². The molecule has 1 aromatic rings. The Hall–Kier alpha value is -1.30. The second kappa shape index (κ2) is 4.29. The number of alkyl halides is 3. The van der Waals surface area contributed by atoms with E-state index < -0.39 is 21.6 Å². The Balaban J connectivity index is 3.23. The maximum absolute atomic E-state index is 12.3. The van der Waals surface area contributed by atoms with Crippen LogP contribution in [-0.2, 0) is 16.0 Å². The van der Waals surface area contributed by atoms with Gasteiger partial charge >= 0.3 is 6.18 Å². The molecule has 0 aromatic heterocycles. The van der Waals surface area contributed by atoms with E-state index in [1.165, 1.54) is 0 Å². The molecule has 0 bridgehead atoms. The van der Waals surface area contributed by atoms with Gasteiger partial charge in [0, 0.05) is 0 Å². The van der Waals surface area contributed by atoms with Gasteiger partial charge in [-0.05, 0) is 18.2 Å². The number of benzene rings is 1. The molecule has 0 aliphatic carbocycles. The molecular formula is C10H9F3O2S. The largest absolute Gasteiger partial charge is 0.416 e. The minimum atomic E-state index is -4.54. The third-order valence-corrected chi connectivity index (χ3v) is 3.50. The average molecular weight is 250 g/mol. The van der Waals surface area contributed by atoms with E-state index in [-0.39, 0.29) is 10.6 Å². The van der Waals surface area contributed by atoms with Gasteiger partial charge in [0.1, 0.15) is 0 Å². The molecule has 0 saturated carbocycles. The summed E-state index contributed by atoms with van der Waals surface area (Å²) < 4.78 is 59.9. The minimum Gasteiger partial charge on any atom is -0.223 e. The molecule has 0 fully saturated rings. The molecule has 0 saturated heterocycles. The lowest BCUT2D eigenvalue weighted by Crippen LogP contribution is -2.09. The van der Waals surface area contributed by atoms with Crippen LogP contribution in [0.3, 0.4) is 0 Å². The summed E-state index contributed by atoms with van der Waals surface area (Å²) in [6.07, 6.45) is -3.41. The zero-order chi connectivity index (χ0) is 12.4. The Morgan fingerprint density at radius 2 is 1.94 bits per heavy atom. The van der Waals surface area contributed by atoms with Crippen molar-refractivity contribution in [3.63, 3.8) is 0 Å². The van der Waals surface area contributed by atoms with Crippen molar-refractivity contribution in [2.45, 2.75) is 11.1 Å². The highest BCUT2D eigenvalue weighted by Gasteiger charge is 2.31. The molecule has 0 aliphatic heterocycles. The van der Waals surface area contributed by atoms with Crippen molar-refractivity contribution in [1.29, 1.82) is 0 Å². The van der Waals surface area contributed by atoms with E-state index in [4.69, 9.17) is 0 Å². The molecule has 0 spiro atoms. The fourth-order valence-corrected chi connectivity index (χ4v) is 2.21. The van der Waals surface area contributed by atoms with E-state index in [0.29, 0.717) is 6.07 Å². The van der Waals surface area contributed by atoms with E-state index in [0.717, 1.165) is 24.3 Å². The molecule has 0 atom stereocenters. The normalized spacial score (nSPS) is 12.4. The minimum absolute atomic E-state index is 0.345. The summed E-state index contributed by atoms with van der Waals surface area (Å²) in [6, 6.07) is 3.65. The summed E-state index contributed by atoms with van der Waals surface area (Å²) in [7, 11) is -3.71. The van der Waals surface area contributed by atoms with Crippen LogP contribution in [0.2, 0.25) is 0 Å². The molecule has 0 unspecified atom stereocenters. The van der Waals surface area contributed by atoms with Gasteiger partial charge in [0.25, 0.3) is 0 Å². The Morgan fingerprint density at radius 3 is 2.44 bits per heavy atom. The number of hydrogen-bond donors (Lipinski definition) is 0. The first-order valence-corrected chi connectivity index (χ1v) is 5.93. The smallest absolute Gasteiger partial charge is 0.223 e. The second-order valence-corrected chi connectivity index (χ2v) is 5.13. The Kier molecular flexibility index (Phi) is 3.42. The molecule has 2 nitrogen and oxygen atoms in total. The Bertz CT molecular complexity index is 489. The zero-order valence-corrected chi connectivity index (χ0v) is 8.98. The summed E-state index contributed by atoms with van der Waals surface area (Å²) in [5.41, 5.74) is -0.974. The van der Waals surface area contributed by atoms with Crippen LogP contribution in [0, 0.1) is 0 Å². The van der Waals surface area contributed by atoms with Crippen molar-refractivity contribution in [3.8, 4) is 0 Å². The van der Waals surface area contributed by atoms with E-state index in [2.05, 4.69) is 6.58 Å². The highest BCUT2D eigenvalue weighted by molar-refractivity contribution is 7.91. The van der Waals surface area contributed by atoms with Gasteiger partial charge in [-0.25, -0.2) is 8.42 Å². The van der Waals surface area contributed by atoms with Crippen LogP contribution in [0.5, 0.6) is 0 Å². The molecule has 0 amide bonds. The quantitative estimate of drug-likeness (QED) is 0.773. The Morgan fingerprint density at radius 1 is 1.31 bits per heavy atom. The maximum Gasteiger partial charge on any atom is 0.416 e. The van der Waals surface area contributed by atoms with Crippen molar-refractivity contribution in [3.05, 3.63) is 42.5 Å². The summed E-state index contributed by atoms with van der Waals surface area (Å²) in [4.78, 5) is -0.345.